The number of imide groups is 1. The Hall–Kier alpha value is -1.14. The molecule has 2 saturated heterocycles. The first-order valence-electron chi connectivity index (χ1n) is 6.61. The minimum Gasteiger partial charge on any atom is -0.351 e. The van der Waals surface area contributed by atoms with Gasteiger partial charge in [-0.2, -0.15) is 0 Å². The van der Waals surface area contributed by atoms with Crippen LogP contribution in [0.2, 0.25) is 0 Å². The molecule has 3 amide bonds. The molecule has 0 radical (unpaired) electrons. The maximum atomic E-state index is 11.3. The SMILES string of the molecule is CN1C2CCCC1CC(NCC(=O)NC(N)=O)C2. The van der Waals surface area contributed by atoms with Crippen molar-refractivity contribution in [1.82, 2.24) is 15.5 Å². The number of hydrogen-bond acceptors (Lipinski definition) is 4. The number of amides is 3. The highest BCUT2D eigenvalue weighted by molar-refractivity contribution is 5.94. The Bertz CT molecular complexity index is 320. The van der Waals surface area contributed by atoms with Gasteiger partial charge in [0.2, 0.25) is 5.91 Å². The second-order valence-corrected chi connectivity index (χ2v) is 5.37. The molecule has 0 aromatic rings. The van der Waals surface area contributed by atoms with Crippen LogP contribution in [0.5, 0.6) is 0 Å². The van der Waals surface area contributed by atoms with Crippen LogP contribution < -0.4 is 16.4 Å². The Balaban J connectivity index is 1.78. The third-order valence-corrected chi connectivity index (χ3v) is 4.15. The topological polar surface area (TPSA) is 87.5 Å². The van der Waals surface area contributed by atoms with Crippen LogP contribution in [-0.4, -0.2) is 48.6 Å². The highest BCUT2D eigenvalue weighted by Gasteiger charge is 2.35. The number of urea groups is 1. The summed E-state index contributed by atoms with van der Waals surface area (Å²) in [5.74, 6) is -0.355. The summed E-state index contributed by atoms with van der Waals surface area (Å²) in [4.78, 5) is 24.3. The van der Waals surface area contributed by atoms with Gasteiger partial charge in [-0.15, -0.1) is 0 Å². The van der Waals surface area contributed by atoms with E-state index in [0.717, 1.165) is 12.8 Å². The maximum absolute atomic E-state index is 11.3. The number of carbonyl (C=O) groups is 2. The number of primary amides is 1. The molecule has 6 nitrogen and oxygen atoms in total. The predicted molar refractivity (Wildman–Crippen MR) is 67.9 cm³/mol. The lowest BCUT2D eigenvalue weighted by molar-refractivity contribution is -0.119. The number of rotatable bonds is 3. The Morgan fingerprint density at radius 3 is 2.44 bits per heavy atom. The molecule has 2 rings (SSSR count). The summed E-state index contributed by atoms with van der Waals surface area (Å²) in [5, 5.41) is 5.30. The molecular formula is C12H22N4O2. The largest absolute Gasteiger partial charge is 0.351 e. The molecule has 4 N–H and O–H groups in total. The molecule has 102 valence electrons. The lowest BCUT2D eigenvalue weighted by Gasteiger charge is -2.47. The molecule has 2 bridgehead atoms. The number of hydrogen-bond donors (Lipinski definition) is 3. The summed E-state index contributed by atoms with van der Waals surface area (Å²) in [6.45, 7) is 0.163. The number of carbonyl (C=O) groups excluding carboxylic acids is 2. The molecule has 18 heavy (non-hydrogen) atoms. The van der Waals surface area contributed by atoms with Crippen molar-refractivity contribution in [2.45, 2.75) is 50.2 Å². The van der Waals surface area contributed by atoms with Crippen LogP contribution in [-0.2, 0) is 4.79 Å². The molecule has 2 aliphatic rings. The second kappa shape index (κ2) is 5.67. The maximum Gasteiger partial charge on any atom is 0.318 e. The van der Waals surface area contributed by atoms with E-state index in [1.165, 1.54) is 19.3 Å². The van der Waals surface area contributed by atoms with Crippen LogP contribution in [0.25, 0.3) is 0 Å². The van der Waals surface area contributed by atoms with E-state index in [-0.39, 0.29) is 12.5 Å². The van der Waals surface area contributed by atoms with Gasteiger partial charge in [0.1, 0.15) is 0 Å². The van der Waals surface area contributed by atoms with Crippen molar-refractivity contribution in [3.05, 3.63) is 0 Å². The fourth-order valence-corrected chi connectivity index (χ4v) is 3.20. The second-order valence-electron chi connectivity index (χ2n) is 5.37. The lowest BCUT2D eigenvalue weighted by atomic mass is 9.82. The Kier molecular flexibility index (Phi) is 4.19. The van der Waals surface area contributed by atoms with E-state index in [9.17, 15) is 9.59 Å². The molecule has 6 heteroatoms. The van der Waals surface area contributed by atoms with Crippen LogP contribution >= 0.6 is 0 Å². The van der Waals surface area contributed by atoms with Gasteiger partial charge in [0, 0.05) is 18.1 Å². The third-order valence-electron chi connectivity index (χ3n) is 4.15. The van der Waals surface area contributed by atoms with Crippen LogP contribution in [0.4, 0.5) is 4.79 Å². The number of nitrogens with zero attached hydrogens (tertiary/aromatic N) is 1. The number of nitrogens with two attached hydrogens (primary N) is 1. The van der Waals surface area contributed by atoms with Gasteiger partial charge >= 0.3 is 6.03 Å². The summed E-state index contributed by atoms with van der Waals surface area (Å²) in [7, 11) is 2.20. The van der Waals surface area contributed by atoms with Gasteiger partial charge in [-0.25, -0.2) is 4.79 Å². The first kappa shape index (κ1) is 13.3. The van der Waals surface area contributed by atoms with E-state index in [4.69, 9.17) is 5.73 Å². The first-order chi connectivity index (χ1) is 8.56. The molecule has 2 fully saturated rings. The highest BCUT2D eigenvalue weighted by atomic mass is 16.2. The Labute approximate surface area is 107 Å². The van der Waals surface area contributed by atoms with Crippen molar-refractivity contribution >= 4 is 11.9 Å². The van der Waals surface area contributed by atoms with E-state index in [1.807, 2.05) is 0 Å². The van der Waals surface area contributed by atoms with Crippen molar-refractivity contribution in [1.29, 1.82) is 0 Å². The Morgan fingerprint density at radius 2 is 1.89 bits per heavy atom. The summed E-state index contributed by atoms with van der Waals surface area (Å²) in [5.41, 5.74) is 4.89. The molecule has 2 aliphatic heterocycles. The van der Waals surface area contributed by atoms with E-state index in [2.05, 4.69) is 22.6 Å². The summed E-state index contributed by atoms with van der Waals surface area (Å²) in [6, 6.07) is 0.848. The molecule has 0 saturated carbocycles. The fourth-order valence-electron chi connectivity index (χ4n) is 3.20. The van der Waals surface area contributed by atoms with E-state index >= 15 is 0 Å². The molecule has 2 unspecified atom stereocenters. The first-order valence-corrected chi connectivity index (χ1v) is 6.61. The van der Waals surface area contributed by atoms with E-state index < -0.39 is 6.03 Å². The van der Waals surface area contributed by atoms with Crippen molar-refractivity contribution in [3.63, 3.8) is 0 Å². The summed E-state index contributed by atoms with van der Waals surface area (Å²) in [6.07, 6.45) is 5.97. The molecule has 0 aromatic carbocycles. The van der Waals surface area contributed by atoms with Crippen LogP contribution in [0, 0.1) is 0 Å². The highest BCUT2D eigenvalue weighted by Crippen LogP contribution is 2.32. The lowest BCUT2D eigenvalue weighted by Crippen LogP contribution is -2.55. The number of fused-ring (bicyclic) bond motifs is 2. The van der Waals surface area contributed by atoms with E-state index in [1.54, 1.807) is 0 Å². The normalized spacial score (nSPS) is 31.9. The molecular weight excluding hydrogens is 232 g/mol. The third kappa shape index (κ3) is 3.20. The fraction of sp³-hybridized carbons (Fsp3) is 0.833. The van der Waals surface area contributed by atoms with Gasteiger partial charge in [0.15, 0.2) is 0 Å². The zero-order valence-corrected chi connectivity index (χ0v) is 10.8. The molecule has 0 aliphatic carbocycles. The smallest absolute Gasteiger partial charge is 0.318 e. The van der Waals surface area contributed by atoms with Gasteiger partial charge in [-0.05, 0) is 32.7 Å². The van der Waals surface area contributed by atoms with Crippen molar-refractivity contribution in [2.75, 3.05) is 13.6 Å². The standard InChI is InChI=1S/C12H22N4O2/c1-16-9-3-2-4-10(16)6-8(5-9)14-7-11(17)15-12(13)18/h8-10,14H,2-7H2,1H3,(H3,13,15,17,18). The molecule has 2 heterocycles. The molecule has 2 atom stereocenters. The average Bonchev–Trinajstić information content (AvgIpc) is 2.25. The van der Waals surface area contributed by atoms with Crippen LogP contribution in [0.1, 0.15) is 32.1 Å². The van der Waals surface area contributed by atoms with Gasteiger partial charge in [0.05, 0.1) is 6.54 Å². The van der Waals surface area contributed by atoms with Gasteiger partial charge in [-0.1, -0.05) is 6.42 Å². The quantitative estimate of drug-likeness (QED) is 0.650. The van der Waals surface area contributed by atoms with Crippen LogP contribution in [0.15, 0.2) is 0 Å². The minimum absolute atomic E-state index is 0.163. The number of nitrogens with one attached hydrogen (secondary N) is 2. The summed E-state index contributed by atoms with van der Waals surface area (Å²) < 4.78 is 0. The summed E-state index contributed by atoms with van der Waals surface area (Å²) >= 11 is 0. The number of piperidine rings is 2. The van der Waals surface area contributed by atoms with Crippen molar-refractivity contribution in [2.24, 2.45) is 5.73 Å². The zero-order valence-electron chi connectivity index (χ0n) is 10.8. The average molecular weight is 254 g/mol. The minimum atomic E-state index is -0.790. The molecule has 0 spiro atoms. The van der Waals surface area contributed by atoms with Crippen LogP contribution in [0.3, 0.4) is 0 Å². The predicted octanol–water partition coefficient (Wildman–Crippen LogP) is -0.214. The molecule has 0 aromatic heterocycles. The monoisotopic (exact) mass is 254 g/mol. The Morgan fingerprint density at radius 1 is 1.28 bits per heavy atom. The van der Waals surface area contributed by atoms with Gasteiger partial charge < -0.3 is 16.0 Å². The van der Waals surface area contributed by atoms with Crippen molar-refractivity contribution < 1.29 is 9.59 Å². The van der Waals surface area contributed by atoms with E-state index in [0.29, 0.717) is 18.1 Å². The van der Waals surface area contributed by atoms with Gasteiger partial charge in [-0.3, -0.25) is 10.1 Å². The van der Waals surface area contributed by atoms with Gasteiger partial charge in [0.25, 0.3) is 0 Å². The zero-order chi connectivity index (χ0) is 13.1. The van der Waals surface area contributed by atoms with Crippen molar-refractivity contribution in [3.8, 4) is 0 Å².